The number of carbonyl (C=O) groups is 1. The Morgan fingerprint density at radius 3 is 2.39 bits per heavy atom. The third-order valence-electron chi connectivity index (χ3n) is 3.50. The maximum absolute atomic E-state index is 12.0. The zero-order chi connectivity index (χ0) is 13.7. The van der Waals surface area contributed by atoms with Gasteiger partial charge < -0.3 is 19.7 Å². The molecule has 1 aromatic rings. The highest BCUT2D eigenvalue weighted by Crippen LogP contribution is 2.42. The number of esters is 1. The molecule has 0 radical (unpaired) electrons. The Balaban J connectivity index is 2.72. The first-order valence-electron chi connectivity index (χ1n) is 5.63. The molecule has 0 aliphatic carbocycles. The van der Waals surface area contributed by atoms with Crippen LogP contribution >= 0.6 is 0 Å². The number of fused-ring (bicyclic) bond motifs is 1. The highest BCUT2D eigenvalue weighted by atomic mass is 16.7. The van der Waals surface area contributed by atoms with Crippen LogP contribution in [0.15, 0.2) is 0 Å². The summed E-state index contributed by atoms with van der Waals surface area (Å²) in [7, 11) is 1.45. The van der Waals surface area contributed by atoms with E-state index < -0.39 is 11.8 Å². The quantitative estimate of drug-likeness (QED) is 0.745. The first-order chi connectivity index (χ1) is 8.30. The number of phenols is 2. The second-order valence-electron chi connectivity index (χ2n) is 4.70. The lowest BCUT2D eigenvalue weighted by molar-refractivity contribution is -0.177. The van der Waals surface area contributed by atoms with E-state index in [9.17, 15) is 15.0 Å². The van der Waals surface area contributed by atoms with Gasteiger partial charge in [0, 0.05) is 26.0 Å². The number of ether oxygens (including phenoxy) is 2. The van der Waals surface area contributed by atoms with Crippen LogP contribution in [-0.2, 0) is 15.9 Å². The van der Waals surface area contributed by atoms with Gasteiger partial charge in [0.25, 0.3) is 0 Å². The minimum Gasteiger partial charge on any atom is -0.507 e. The summed E-state index contributed by atoms with van der Waals surface area (Å²) < 4.78 is 10.3. The Bertz CT molecular complexity index is 535. The molecule has 2 rings (SSSR count). The highest BCUT2D eigenvalue weighted by molar-refractivity contribution is 5.97. The molecule has 0 unspecified atom stereocenters. The summed E-state index contributed by atoms with van der Waals surface area (Å²) in [6.07, 6.45) is 0.289. The van der Waals surface area contributed by atoms with Crippen molar-refractivity contribution < 1.29 is 24.5 Å². The summed E-state index contributed by atoms with van der Waals surface area (Å²) >= 11 is 0. The predicted octanol–water partition coefficient (Wildman–Crippen LogP) is 1.79. The van der Waals surface area contributed by atoms with E-state index in [-0.39, 0.29) is 29.0 Å². The van der Waals surface area contributed by atoms with Crippen molar-refractivity contribution in [2.45, 2.75) is 33.0 Å². The fourth-order valence-corrected chi connectivity index (χ4v) is 2.21. The molecule has 0 fully saturated rings. The largest absolute Gasteiger partial charge is 0.507 e. The van der Waals surface area contributed by atoms with Crippen LogP contribution in [0, 0.1) is 13.8 Å². The van der Waals surface area contributed by atoms with Crippen LogP contribution in [0.25, 0.3) is 0 Å². The lowest BCUT2D eigenvalue weighted by atomic mass is 9.89. The molecule has 2 N–H and O–H groups in total. The van der Waals surface area contributed by atoms with Crippen molar-refractivity contribution in [2.24, 2.45) is 0 Å². The molecule has 0 spiro atoms. The fraction of sp³-hybridized carbons (Fsp3) is 0.462. The van der Waals surface area contributed by atoms with Crippen LogP contribution in [0.4, 0.5) is 0 Å². The number of hydrogen-bond donors (Lipinski definition) is 2. The molecule has 5 nitrogen and oxygen atoms in total. The van der Waals surface area contributed by atoms with Crippen molar-refractivity contribution in [3.05, 3.63) is 22.3 Å². The van der Waals surface area contributed by atoms with Gasteiger partial charge in [-0.05, 0) is 25.0 Å². The maximum atomic E-state index is 12.0. The molecule has 1 atom stereocenters. The molecular formula is C13H16O5. The number of carbonyl (C=O) groups excluding carboxylic acids is 1. The molecule has 0 aromatic heterocycles. The minimum atomic E-state index is -1.07. The number of cyclic esters (lactones) is 1. The third-order valence-corrected chi connectivity index (χ3v) is 3.50. The van der Waals surface area contributed by atoms with Gasteiger partial charge in [0.2, 0.25) is 5.79 Å². The van der Waals surface area contributed by atoms with Crippen molar-refractivity contribution in [3.63, 3.8) is 0 Å². The molecule has 0 amide bonds. The van der Waals surface area contributed by atoms with Crippen LogP contribution in [0.3, 0.4) is 0 Å². The molecule has 18 heavy (non-hydrogen) atoms. The molecular weight excluding hydrogens is 236 g/mol. The van der Waals surface area contributed by atoms with Gasteiger partial charge in [-0.2, -0.15) is 0 Å². The van der Waals surface area contributed by atoms with E-state index >= 15 is 0 Å². The van der Waals surface area contributed by atoms with Gasteiger partial charge in [-0.3, -0.25) is 0 Å². The van der Waals surface area contributed by atoms with E-state index in [1.54, 1.807) is 20.8 Å². The monoisotopic (exact) mass is 252 g/mol. The van der Waals surface area contributed by atoms with Crippen molar-refractivity contribution in [1.29, 1.82) is 0 Å². The summed E-state index contributed by atoms with van der Waals surface area (Å²) in [5, 5.41) is 19.9. The number of hydrogen-bond acceptors (Lipinski definition) is 5. The SMILES string of the molecule is CO[C@]1(C)Cc2c(C)c(O)c(C)c(O)c2C(=O)O1. The van der Waals surface area contributed by atoms with E-state index in [2.05, 4.69) is 0 Å². The zero-order valence-corrected chi connectivity index (χ0v) is 10.8. The molecule has 1 aliphatic heterocycles. The van der Waals surface area contributed by atoms with Crippen molar-refractivity contribution in [1.82, 2.24) is 0 Å². The Morgan fingerprint density at radius 2 is 1.83 bits per heavy atom. The Labute approximate surface area is 105 Å². The van der Waals surface area contributed by atoms with Crippen LogP contribution in [0.5, 0.6) is 11.5 Å². The Kier molecular flexibility index (Phi) is 2.74. The fourth-order valence-electron chi connectivity index (χ4n) is 2.21. The average Bonchev–Trinajstić information content (AvgIpc) is 2.33. The van der Waals surface area contributed by atoms with Gasteiger partial charge in [0.1, 0.15) is 17.1 Å². The third kappa shape index (κ3) is 1.62. The number of aromatic hydroxyl groups is 2. The van der Waals surface area contributed by atoms with Gasteiger partial charge in [-0.15, -0.1) is 0 Å². The molecule has 5 heteroatoms. The number of benzene rings is 1. The van der Waals surface area contributed by atoms with E-state index in [1.807, 2.05) is 0 Å². The van der Waals surface area contributed by atoms with E-state index in [0.29, 0.717) is 11.1 Å². The molecule has 0 bridgehead atoms. The lowest BCUT2D eigenvalue weighted by Crippen LogP contribution is -2.41. The second-order valence-corrected chi connectivity index (χ2v) is 4.70. The minimum absolute atomic E-state index is 0.000553. The van der Waals surface area contributed by atoms with Crippen molar-refractivity contribution >= 4 is 5.97 Å². The van der Waals surface area contributed by atoms with Crippen molar-refractivity contribution in [3.8, 4) is 11.5 Å². The molecule has 98 valence electrons. The van der Waals surface area contributed by atoms with Crippen LogP contribution < -0.4 is 0 Å². The van der Waals surface area contributed by atoms with Gasteiger partial charge in [-0.1, -0.05) is 0 Å². The molecule has 1 heterocycles. The Hall–Kier alpha value is -1.75. The normalized spacial score (nSPS) is 22.6. The van der Waals surface area contributed by atoms with E-state index in [1.165, 1.54) is 7.11 Å². The van der Waals surface area contributed by atoms with Gasteiger partial charge in [0.05, 0.1) is 0 Å². The number of methoxy groups -OCH3 is 1. The maximum Gasteiger partial charge on any atom is 0.344 e. The summed E-state index contributed by atoms with van der Waals surface area (Å²) in [5.41, 5.74) is 1.54. The van der Waals surface area contributed by atoms with Crippen molar-refractivity contribution in [2.75, 3.05) is 7.11 Å². The van der Waals surface area contributed by atoms with Crippen LogP contribution in [0.2, 0.25) is 0 Å². The van der Waals surface area contributed by atoms with Gasteiger partial charge in [-0.25, -0.2) is 4.79 Å². The lowest BCUT2D eigenvalue weighted by Gasteiger charge is -2.34. The van der Waals surface area contributed by atoms with E-state index in [0.717, 1.165) is 0 Å². The first kappa shape index (κ1) is 12.7. The van der Waals surface area contributed by atoms with Crippen LogP contribution in [0.1, 0.15) is 34.0 Å². The van der Waals surface area contributed by atoms with E-state index in [4.69, 9.17) is 9.47 Å². The molecule has 0 saturated heterocycles. The average molecular weight is 252 g/mol. The first-order valence-corrected chi connectivity index (χ1v) is 5.63. The topological polar surface area (TPSA) is 76.0 Å². The second kappa shape index (κ2) is 3.88. The van der Waals surface area contributed by atoms with Gasteiger partial charge in [0.15, 0.2) is 0 Å². The zero-order valence-electron chi connectivity index (χ0n) is 10.8. The predicted molar refractivity (Wildman–Crippen MR) is 63.8 cm³/mol. The molecule has 1 aromatic carbocycles. The highest BCUT2D eigenvalue weighted by Gasteiger charge is 2.40. The van der Waals surface area contributed by atoms with Crippen LogP contribution in [-0.4, -0.2) is 29.1 Å². The summed E-state index contributed by atoms with van der Waals surface area (Å²) in [6.45, 7) is 4.89. The Morgan fingerprint density at radius 1 is 1.22 bits per heavy atom. The standard InChI is InChI=1S/C13H16O5/c1-6-8-5-13(3,17-4)18-12(16)9(8)11(15)7(2)10(6)14/h14-15H,5H2,1-4H3/t13-/m0/s1. The number of rotatable bonds is 1. The summed E-state index contributed by atoms with van der Waals surface area (Å²) in [6, 6.07) is 0. The van der Waals surface area contributed by atoms with Gasteiger partial charge >= 0.3 is 5.97 Å². The molecule has 0 saturated carbocycles. The summed E-state index contributed by atoms with van der Waals surface area (Å²) in [4.78, 5) is 12.0. The molecule has 1 aliphatic rings. The summed E-state index contributed by atoms with van der Waals surface area (Å²) in [5.74, 6) is -1.93. The smallest absolute Gasteiger partial charge is 0.344 e. The number of phenolic OH excluding ortho intramolecular Hbond substituents is 2.